The lowest BCUT2D eigenvalue weighted by molar-refractivity contribution is 0.0188. The van der Waals surface area contributed by atoms with Crippen molar-refractivity contribution in [1.82, 2.24) is 5.32 Å². The topological polar surface area (TPSA) is 39.7 Å². The fraction of sp³-hybridized carbons (Fsp3) is 1.00. The van der Waals surface area contributed by atoms with Gasteiger partial charge >= 0.3 is 0 Å². The highest BCUT2D eigenvalue weighted by atomic mass is 16.5. The van der Waals surface area contributed by atoms with Crippen LogP contribution in [0.15, 0.2) is 0 Å². The predicted molar refractivity (Wildman–Crippen MR) is 86.7 cm³/mol. The van der Waals surface area contributed by atoms with E-state index in [1.54, 1.807) is 7.11 Å². The molecule has 0 aromatic heterocycles. The molecule has 0 amide bonds. The summed E-state index contributed by atoms with van der Waals surface area (Å²) >= 11 is 0. The Morgan fingerprint density at radius 2 is 1.71 bits per heavy atom. The number of nitrogens with one attached hydrogen (secondary N) is 1. The first-order valence-corrected chi connectivity index (χ1v) is 8.65. The molecule has 3 atom stereocenters. The Morgan fingerprint density at radius 3 is 2.43 bits per heavy atom. The molecule has 0 saturated heterocycles. The summed E-state index contributed by atoms with van der Waals surface area (Å²) in [6.45, 7) is 9.29. The summed E-state index contributed by atoms with van der Waals surface area (Å²) in [7, 11) is 1.69. The van der Waals surface area contributed by atoms with Gasteiger partial charge in [-0.3, -0.25) is 0 Å². The molecule has 126 valence electrons. The van der Waals surface area contributed by atoms with Gasteiger partial charge in [-0.15, -0.1) is 0 Å². The number of hydrogen-bond acceptors (Lipinski definition) is 4. The Bertz CT molecular complexity index is 236. The van der Waals surface area contributed by atoms with Crippen LogP contribution in [-0.4, -0.2) is 52.7 Å². The van der Waals surface area contributed by atoms with E-state index in [2.05, 4.69) is 19.2 Å². The van der Waals surface area contributed by atoms with E-state index in [1.165, 1.54) is 32.1 Å². The van der Waals surface area contributed by atoms with Gasteiger partial charge in [0.05, 0.1) is 26.4 Å². The second-order valence-electron chi connectivity index (χ2n) is 6.25. The summed E-state index contributed by atoms with van der Waals surface area (Å²) in [5.74, 6) is 1.64. The van der Waals surface area contributed by atoms with Crippen molar-refractivity contribution in [3.63, 3.8) is 0 Å². The molecule has 0 bridgehead atoms. The fourth-order valence-electron chi connectivity index (χ4n) is 3.12. The summed E-state index contributed by atoms with van der Waals surface area (Å²) in [6, 6.07) is 0.697. The smallest absolute Gasteiger partial charge is 0.0701 e. The minimum atomic E-state index is 0.656. The zero-order valence-electron chi connectivity index (χ0n) is 14.2. The van der Waals surface area contributed by atoms with Gasteiger partial charge in [0.2, 0.25) is 0 Å². The van der Waals surface area contributed by atoms with E-state index in [4.69, 9.17) is 14.2 Å². The van der Waals surface area contributed by atoms with Crippen LogP contribution in [0.5, 0.6) is 0 Å². The van der Waals surface area contributed by atoms with Crippen molar-refractivity contribution in [2.24, 2.45) is 11.8 Å². The lowest BCUT2D eigenvalue weighted by Crippen LogP contribution is -2.41. The van der Waals surface area contributed by atoms with Crippen molar-refractivity contribution < 1.29 is 14.2 Å². The van der Waals surface area contributed by atoms with Gasteiger partial charge in [0.15, 0.2) is 0 Å². The predicted octanol–water partition coefficient (Wildman–Crippen LogP) is 2.86. The zero-order chi connectivity index (χ0) is 15.3. The molecule has 1 N–H and O–H groups in total. The van der Waals surface area contributed by atoms with Gasteiger partial charge in [-0.1, -0.05) is 13.8 Å². The van der Waals surface area contributed by atoms with Gasteiger partial charge in [-0.25, -0.2) is 0 Å². The third-order valence-corrected chi connectivity index (χ3v) is 4.34. The standard InChI is InChI=1S/C17H35NO3/c1-4-8-18-17-6-5-15(2)14-16(17)7-9-20-12-13-21-11-10-19-3/h15-18H,4-14H2,1-3H3. The van der Waals surface area contributed by atoms with E-state index in [0.29, 0.717) is 32.5 Å². The molecule has 4 nitrogen and oxygen atoms in total. The Hall–Kier alpha value is -0.160. The highest BCUT2D eigenvalue weighted by Crippen LogP contribution is 2.31. The van der Waals surface area contributed by atoms with Crippen LogP contribution >= 0.6 is 0 Å². The van der Waals surface area contributed by atoms with Gasteiger partial charge in [0.1, 0.15) is 0 Å². The molecule has 3 unspecified atom stereocenters. The van der Waals surface area contributed by atoms with Crippen LogP contribution in [0.2, 0.25) is 0 Å². The summed E-state index contributed by atoms with van der Waals surface area (Å²) in [4.78, 5) is 0. The second-order valence-corrected chi connectivity index (χ2v) is 6.25. The average Bonchev–Trinajstić information content (AvgIpc) is 2.49. The van der Waals surface area contributed by atoms with E-state index in [9.17, 15) is 0 Å². The summed E-state index contributed by atoms with van der Waals surface area (Å²) in [5.41, 5.74) is 0. The molecular weight excluding hydrogens is 266 g/mol. The summed E-state index contributed by atoms with van der Waals surface area (Å²) < 4.78 is 16.0. The molecule has 21 heavy (non-hydrogen) atoms. The van der Waals surface area contributed by atoms with Gasteiger partial charge < -0.3 is 19.5 Å². The molecule has 1 saturated carbocycles. The van der Waals surface area contributed by atoms with Crippen LogP contribution in [0, 0.1) is 11.8 Å². The van der Waals surface area contributed by atoms with Crippen molar-refractivity contribution in [3.05, 3.63) is 0 Å². The van der Waals surface area contributed by atoms with E-state index >= 15 is 0 Å². The second kappa shape index (κ2) is 12.4. The Labute approximate surface area is 130 Å². The van der Waals surface area contributed by atoms with Crippen molar-refractivity contribution in [2.45, 2.75) is 52.0 Å². The van der Waals surface area contributed by atoms with Crippen molar-refractivity contribution >= 4 is 0 Å². The number of rotatable bonds is 12. The van der Waals surface area contributed by atoms with Crippen LogP contribution < -0.4 is 5.32 Å². The number of methoxy groups -OCH3 is 1. The monoisotopic (exact) mass is 301 g/mol. The van der Waals surface area contributed by atoms with Gasteiger partial charge in [0.25, 0.3) is 0 Å². The normalized spacial score (nSPS) is 26.1. The van der Waals surface area contributed by atoms with Crippen molar-refractivity contribution in [2.75, 3.05) is 46.7 Å². The maximum atomic E-state index is 5.71. The van der Waals surface area contributed by atoms with Gasteiger partial charge in [-0.2, -0.15) is 0 Å². The molecule has 0 spiro atoms. The molecule has 0 aliphatic heterocycles. The van der Waals surface area contributed by atoms with E-state index in [1.807, 2.05) is 0 Å². The van der Waals surface area contributed by atoms with E-state index in [-0.39, 0.29) is 0 Å². The van der Waals surface area contributed by atoms with Crippen LogP contribution in [0.1, 0.15) is 46.0 Å². The molecule has 0 radical (unpaired) electrons. The fourth-order valence-corrected chi connectivity index (χ4v) is 3.12. The van der Waals surface area contributed by atoms with E-state index in [0.717, 1.165) is 25.0 Å². The van der Waals surface area contributed by atoms with Crippen LogP contribution in [0.4, 0.5) is 0 Å². The first-order valence-electron chi connectivity index (χ1n) is 8.65. The quantitative estimate of drug-likeness (QED) is 0.563. The zero-order valence-corrected chi connectivity index (χ0v) is 14.2. The number of ether oxygens (including phenoxy) is 3. The molecular formula is C17H35NO3. The van der Waals surface area contributed by atoms with Crippen LogP contribution in [0.25, 0.3) is 0 Å². The molecule has 0 heterocycles. The molecule has 1 rings (SSSR count). The molecule has 0 aromatic rings. The third kappa shape index (κ3) is 8.77. The molecule has 1 aliphatic carbocycles. The Balaban J connectivity index is 2.09. The average molecular weight is 301 g/mol. The SMILES string of the molecule is CCCNC1CCC(C)CC1CCOCCOCCOC. The minimum absolute atomic E-state index is 0.656. The van der Waals surface area contributed by atoms with Crippen molar-refractivity contribution in [1.29, 1.82) is 0 Å². The summed E-state index contributed by atoms with van der Waals surface area (Å²) in [6.07, 6.45) is 6.42. The Morgan fingerprint density at radius 1 is 1.00 bits per heavy atom. The Kier molecular flexibility index (Phi) is 11.1. The van der Waals surface area contributed by atoms with Gasteiger partial charge in [0, 0.05) is 19.8 Å². The summed E-state index contributed by atoms with van der Waals surface area (Å²) in [5, 5.41) is 3.72. The van der Waals surface area contributed by atoms with E-state index < -0.39 is 0 Å². The maximum absolute atomic E-state index is 5.71. The lowest BCUT2D eigenvalue weighted by Gasteiger charge is -2.35. The maximum Gasteiger partial charge on any atom is 0.0701 e. The molecule has 0 aromatic carbocycles. The molecule has 1 aliphatic rings. The first kappa shape index (κ1) is 18.9. The lowest BCUT2D eigenvalue weighted by atomic mass is 9.77. The molecule has 4 heteroatoms. The first-order chi connectivity index (χ1) is 10.3. The minimum Gasteiger partial charge on any atom is -0.382 e. The molecule has 1 fully saturated rings. The number of hydrogen-bond donors (Lipinski definition) is 1. The van der Waals surface area contributed by atoms with Gasteiger partial charge in [-0.05, 0) is 50.5 Å². The highest BCUT2D eigenvalue weighted by molar-refractivity contribution is 4.83. The van der Waals surface area contributed by atoms with Crippen LogP contribution in [0.3, 0.4) is 0 Å². The third-order valence-electron chi connectivity index (χ3n) is 4.34. The highest BCUT2D eigenvalue weighted by Gasteiger charge is 2.27. The van der Waals surface area contributed by atoms with Crippen LogP contribution in [-0.2, 0) is 14.2 Å². The van der Waals surface area contributed by atoms with Crippen molar-refractivity contribution in [3.8, 4) is 0 Å². The largest absolute Gasteiger partial charge is 0.382 e.